The molecule has 0 aromatic heterocycles. The van der Waals surface area contributed by atoms with Gasteiger partial charge in [-0.05, 0) is 61.4 Å². The Kier molecular flexibility index (Phi) is 7.33. The van der Waals surface area contributed by atoms with Gasteiger partial charge in [0.1, 0.15) is 5.75 Å². The molecular formula is C27H34N2O4. The summed E-state index contributed by atoms with van der Waals surface area (Å²) in [5, 5.41) is 2.86. The van der Waals surface area contributed by atoms with Crippen LogP contribution in [0.4, 0.5) is 0 Å². The van der Waals surface area contributed by atoms with Crippen molar-refractivity contribution in [3.63, 3.8) is 0 Å². The Morgan fingerprint density at radius 3 is 2.70 bits per heavy atom. The summed E-state index contributed by atoms with van der Waals surface area (Å²) >= 11 is 0. The fourth-order valence-electron chi connectivity index (χ4n) is 4.55. The van der Waals surface area contributed by atoms with Gasteiger partial charge in [-0.15, -0.1) is 0 Å². The number of aryl methyl sites for hydroxylation is 1. The summed E-state index contributed by atoms with van der Waals surface area (Å²) in [6.45, 7) is 5.65. The summed E-state index contributed by atoms with van der Waals surface area (Å²) in [5.74, 6) is 0.926. The van der Waals surface area contributed by atoms with E-state index in [-0.39, 0.29) is 23.8 Å². The average molecular weight is 451 g/mol. The zero-order valence-electron chi connectivity index (χ0n) is 19.8. The van der Waals surface area contributed by atoms with Gasteiger partial charge < -0.3 is 19.7 Å². The summed E-state index contributed by atoms with van der Waals surface area (Å²) in [6.07, 6.45) is 2.78. The molecule has 1 aliphatic heterocycles. The van der Waals surface area contributed by atoms with E-state index in [4.69, 9.17) is 9.47 Å². The molecule has 176 valence electrons. The number of hydrogen-bond acceptors (Lipinski definition) is 4. The Labute approximate surface area is 196 Å². The lowest BCUT2D eigenvalue weighted by Crippen LogP contribution is -2.41. The highest BCUT2D eigenvalue weighted by Gasteiger charge is 2.39. The lowest BCUT2D eigenvalue weighted by molar-refractivity contribution is -0.134. The quantitative estimate of drug-likeness (QED) is 0.590. The van der Waals surface area contributed by atoms with Crippen LogP contribution in [0.1, 0.15) is 54.5 Å². The Bertz CT molecular complexity index is 1000. The fourth-order valence-corrected chi connectivity index (χ4v) is 4.55. The van der Waals surface area contributed by atoms with E-state index in [1.807, 2.05) is 24.0 Å². The molecule has 1 heterocycles. The molecule has 1 N–H and O–H groups in total. The average Bonchev–Trinajstić information content (AvgIpc) is 3.67. The van der Waals surface area contributed by atoms with Gasteiger partial charge >= 0.3 is 0 Å². The van der Waals surface area contributed by atoms with Crippen molar-refractivity contribution in [2.75, 3.05) is 26.8 Å². The van der Waals surface area contributed by atoms with Crippen LogP contribution in [-0.2, 0) is 20.7 Å². The van der Waals surface area contributed by atoms with E-state index in [0.717, 1.165) is 36.9 Å². The third-order valence-electron chi connectivity index (χ3n) is 6.46. The molecular weight excluding hydrogens is 416 g/mol. The third-order valence-corrected chi connectivity index (χ3v) is 6.46. The van der Waals surface area contributed by atoms with E-state index in [1.54, 1.807) is 7.11 Å². The summed E-state index contributed by atoms with van der Waals surface area (Å²) in [4.78, 5) is 27.8. The van der Waals surface area contributed by atoms with Crippen LogP contribution in [-0.4, -0.2) is 49.6 Å². The second-order valence-corrected chi connectivity index (χ2v) is 9.03. The molecule has 0 saturated heterocycles. The highest BCUT2D eigenvalue weighted by Crippen LogP contribution is 2.41. The Hall–Kier alpha value is -2.86. The molecule has 0 unspecified atom stereocenters. The molecule has 2 aliphatic rings. The SMILES string of the molecule is CC[C@@H](Oc1ccc2c(c1)[C@@H](c1cccc(C)c1)N(C(=O)C1CC1)CC2)C(=O)NCCOC. The third kappa shape index (κ3) is 5.38. The van der Waals surface area contributed by atoms with Crippen molar-refractivity contribution in [2.24, 2.45) is 5.92 Å². The van der Waals surface area contributed by atoms with E-state index >= 15 is 0 Å². The number of amides is 2. The number of ether oxygens (including phenoxy) is 2. The van der Waals surface area contributed by atoms with Crippen molar-refractivity contribution in [3.8, 4) is 5.75 Å². The van der Waals surface area contributed by atoms with E-state index in [9.17, 15) is 9.59 Å². The summed E-state index contributed by atoms with van der Waals surface area (Å²) in [6, 6.07) is 14.3. The predicted molar refractivity (Wildman–Crippen MR) is 127 cm³/mol. The minimum absolute atomic E-state index is 0.138. The maximum Gasteiger partial charge on any atom is 0.261 e. The molecule has 0 bridgehead atoms. The van der Waals surface area contributed by atoms with E-state index in [2.05, 4.69) is 42.6 Å². The summed E-state index contributed by atoms with van der Waals surface area (Å²) in [7, 11) is 1.61. The van der Waals surface area contributed by atoms with Gasteiger partial charge in [0, 0.05) is 26.1 Å². The van der Waals surface area contributed by atoms with Gasteiger partial charge in [-0.3, -0.25) is 9.59 Å². The van der Waals surface area contributed by atoms with Crippen molar-refractivity contribution < 1.29 is 19.1 Å². The maximum atomic E-state index is 13.2. The highest BCUT2D eigenvalue weighted by molar-refractivity contribution is 5.82. The zero-order valence-corrected chi connectivity index (χ0v) is 19.8. The summed E-state index contributed by atoms with van der Waals surface area (Å²) in [5.41, 5.74) is 4.61. The first-order valence-corrected chi connectivity index (χ1v) is 11.9. The second-order valence-electron chi connectivity index (χ2n) is 9.03. The zero-order chi connectivity index (χ0) is 23.4. The van der Waals surface area contributed by atoms with Gasteiger partial charge in [0.05, 0.1) is 12.6 Å². The molecule has 6 nitrogen and oxygen atoms in total. The van der Waals surface area contributed by atoms with E-state index in [1.165, 1.54) is 11.1 Å². The second kappa shape index (κ2) is 10.4. The monoisotopic (exact) mass is 450 g/mol. The number of nitrogens with zero attached hydrogens (tertiary/aromatic N) is 1. The molecule has 2 aromatic carbocycles. The van der Waals surface area contributed by atoms with Gasteiger partial charge in [0.15, 0.2) is 6.10 Å². The number of hydrogen-bond donors (Lipinski definition) is 1. The smallest absolute Gasteiger partial charge is 0.261 e. The van der Waals surface area contributed by atoms with Crippen LogP contribution in [0.5, 0.6) is 5.75 Å². The highest BCUT2D eigenvalue weighted by atomic mass is 16.5. The first-order chi connectivity index (χ1) is 16.0. The number of nitrogens with one attached hydrogen (secondary N) is 1. The van der Waals surface area contributed by atoms with Gasteiger partial charge in [-0.25, -0.2) is 0 Å². The molecule has 2 amide bonds. The minimum atomic E-state index is -0.579. The standard InChI is InChI=1S/C27H34N2O4/c1-4-24(26(30)28-13-15-32-3)33-22-11-10-19-12-14-29(27(31)20-8-9-20)25(23(19)17-22)21-7-5-6-18(2)16-21/h5-7,10-11,16-17,20,24-25H,4,8-9,12-15H2,1-3H3,(H,28,30)/t24-,25-/m1/s1. The van der Waals surface area contributed by atoms with Crippen LogP contribution in [0.3, 0.4) is 0 Å². The van der Waals surface area contributed by atoms with Crippen molar-refractivity contribution >= 4 is 11.8 Å². The van der Waals surface area contributed by atoms with Crippen LogP contribution in [0.2, 0.25) is 0 Å². The van der Waals surface area contributed by atoms with Crippen molar-refractivity contribution in [1.82, 2.24) is 10.2 Å². The van der Waals surface area contributed by atoms with Gasteiger partial charge in [0.25, 0.3) is 5.91 Å². The summed E-state index contributed by atoms with van der Waals surface area (Å²) < 4.78 is 11.1. The number of benzene rings is 2. The lowest BCUT2D eigenvalue weighted by atomic mass is 9.87. The number of carbonyl (C=O) groups is 2. The normalized spacial score (nSPS) is 18.4. The first kappa shape index (κ1) is 23.3. The topological polar surface area (TPSA) is 67.9 Å². The van der Waals surface area contributed by atoms with Crippen LogP contribution in [0, 0.1) is 12.8 Å². The number of fused-ring (bicyclic) bond motifs is 1. The molecule has 2 aromatic rings. The van der Waals surface area contributed by atoms with Gasteiger partial charge in [-0.2, -0.15) is 0 Å². The van der Waals surface area contributed by atoms with Crippen LogP contribution in [0.15, 0.2) is 42.5 Å². The fraction of sp³-hybridized carbons (Fsp3) is 0.481. The molecule has 0 spiro atoms. The Morgan fingerprint density at radius 2 is 2.00 bits per heavy atom. The largest absolute Gasteiger partial charge is 0.481 e. The van der Waals surface area contributed by atoms with Crippen LogP contribution >= 0.6 is 0 Å². The molecule has 33 heavy (non-hydrogen) atoms. The number of carbonyl (C=O) groups excluding carboxylic acids is 2. The Balaban J connectivity index is 1.63. The van der Waals surface area contributed by atoms with Crippen LogP contribution in [0.25, 0.3) is 0 Å². The molecule has 6 heteroatoms. The van der Waals surface area contributed by atoms with Crippen molar-refractivity contribution in [3.05, 3.63) is 64.7 Å². The number of methoxy groups -OCH3 is 1. The van der Waals surface area contributed by atoms with Crippen molar-refractivity contribution in [2.45, 2.75) is 51.7 Å². The first-order valence-electron chi connectivity index (χ1n) is 11.9. The maximum absolute atomic E-state index is 13.2. The molecule has 0 radical (unpaired) electrons. The van der Waals surface area contributed by atoms with Gasteiger partial charge in [0.2, 0.25) is 5.91 Å². The predicted octanol–water partition coefficient (Wildman–Crippen LogP) is 3.80. The number of rotatable bonds is 9. The van der Waals surface area contributed by atoms with Gasteiger partial charge in [-0.1, -0.05) is 42.8 Å². The molecule has 1 aliphatic carbocycles. The minimum Gasteiger partial charge on any atom is -0.481 e. The van der Waals surface area contributed by atoms with Crippen LogP contribution < -0.4 is 10.1 Å². The lowest BCUT2D eigenvalue weighted by Gasteiger charge is -2.38. The molecule has 1 fully saturated rings. The molecule has 4 rings (SSSR count). The van der Waals surface area contributed by atoms with E-state index < -0.39 is 6.10 Å². The Morgan fingerprint density at radius 1 is 1.18 bits per heavy atom. The van der Waals surface area contributed by atoms with E-state index in [0.29, 0.717) is 25.3 Å². The molecule has 2 atom stereocenters. The van der Waals surface area contributed by atoms with Crippen molar-refractivity contribution in [1.29, 1.82) is 0 Å². The molecule has 1 saturated carbocycles.